The second kappa shape index (κ2) is 9.62. The van der Waals surface area contributed by atoms with Crippen LogP contribution in [0.15, 0.2) is 35.9 Å². The number of aliphatic hydroxyl groups is 2. The number of hydrogen-bond acceptors (Lipinski definition) is 3. The quantitative estimate of drug-likeness (QED) is 0.339. The summed E-state index contributed by atoms with van der Waals surface area (Å²) in [6.45, 7) is 8.55. The van der Waals surface area contributed by atoms with Crippen molar-refractivity contribution in [2.45, 2.75) is 97.7 Å². The molecule has 4 aliphatic rings. The van der Waals surface area contributed by atoms with E-state index in [1.54, 1.807) is 5.57 Å². The van der Waals surface area contributed by atoms with Gasteiger partial charge in [0.05, 0.1) is 19.3 Å². The maximum absolute atomic E-state index is 10.3. The van der Waals surface area contributed by atoms with Gasteiger partial charge in [0, 0.05) is 0 Å². The largest absolute Gasteiger partial charge is 0.494 e. The van der Waals surface area contributed by atoms with E-state index in [4.69, 9.17) is 4.74 Å². The van der Waals surface area contributed by atoms with Gasteiger partial charge < -0.3 is 14.9 Å². The molecule has 2 N–H and O–H groups in total. The lowest BCUT2D eigenvalue weighted by Gasteiger charge is -2.58. The maximum Gasteiger partial charge on any atom is 0.119 e. The Morgan fingerprint density at radius 2 is 1.82 bits per heavy atom. The molecule has 3 heteroatoms. The molecule has 3 nitrogen and oxygen atoms in total. The molecule has 0 bridgehead atoms. The molecule has 0 saturated heterocycles. The normalized spacial score (nSPS) is 40.0. The van der Waals surface area contributed by atoms with E-state index in [-0.39, 0.29) is 12.7 Å². The number of rotatable bonds is 7. The first-order valence-electron chi connectivity index (χ1n) is 14.1. The molecule has 1 aromatic carbocycles. The van der Waals surface area contributed by atoms with Crippen LogP contribution in [0, 0.1) is 40.4 Å². The van der Waals surface area contributed by atoms with Crippen LogP contribution >= 0.6 is 0 Å². The Hall–Kier alpha value is -1.32. The molecule has 3 saturated carbocycles. The van der Waals surface area contributed by atoms with Crippen LogP contribution in [0.2, 0.25) is 0 Å². The summed E-state index contributed by atoms with van der Waals surface area (Å²) in [5, 5.41) is 19.5. The molecule has 34 heavy (non-hydrogen) atoms. The van der Waals surface area contributed by atoms with Crippen molar-refractivity contribution in [1.29, 1.82) is 0 Å². The van der Waals surface area contributed by atoms with Gasteiger partial charge in [0.2, 0.25) is 0 Å². The topological polar surface area (TPSA) is 49.7 Å². The highest BCUT2D eigenvalue weighted by Gasteiger charge is 2.59. The van der Waals surface area contributed by atoms with E-state index in [9.17, 15) is 10.2 Å². The Labute approximate surface area is 207 Å². The van der Waals surface area contributed by atoms with Crippen molar-refractivity contribution in [2.24, 2.45) is 40.4 Å². The van der Waals surface area contributed by atoms with Crippen LogP contribution in [0.3, 0.4) is 0 Å². The summed E-state index contributed by atoms with van der Waals surface area (Å²) >= 11 is 0. The summed E-state index contributed by atoms with van der Waals surface area (Å²) in [6, 6.07) is 7.81. The van der Waals surface area contributed by atoms with Crippen LogP contribution in [0.25, 0.3) is 0 Å². The lowest BCUT2D eigenvalue weighted by Crippen LogP contribution is -2.50. The lowest BCUT2D eigenvalue weighted by molar-refractivity contribution is -0.0573. The molecule has 0 radical (unpaired) electrons. The van der Waals surface area contributed by atoms with Gasteiger partial charge in [-0.2, -0.15) is 0 Å². The molecule has 0 spiro atoms. The van der Waals surface area contributed by atoms with E-state index in [0.717, 1.165) is 66.8 Å². The minimum Gasteiger partial charge on any atom is -0.494 e. The number of ether oxygens (including phenoxy) is 1. The second-order valence-corrected chi connectivity index (χ2v) is 12.7. The molecule has 3 unspecified atom stereocenters. The van der Waals surface area contributed by atoms with Crippen molar-refractivity contribution >= 4 is 0 Å². The Kier molecular flexibility index (Phi) is 6.90. The van der Waals surface area contributed by atoms with E-state index in [2.05, 4.69) is 26.8 Å². The molecule has 188 valence electrons. The fraction of sp³-hybridized carbons (Fsp3) is 0.742. The highest BCUT2D eigenvalue weighted by Crippen LogP contribution is 2.67. The van der Waals surface area contributed by atoms with Crippen LogP contribution in [0.1, 0.15) is 90.5 Å². The Morgan fingerprint density at radius 1 is 1.03 bits per heavy atom. The molecule has 4 aliphatic carbocycles. The summed E-state index contributed by atoms with van der Waals surface area (Å²) in [5.41, 5.74) is 3.36. The SMILES string of the molecule is C[C@H](CCCOc1ccc(CO)cc1)[C@H]1CCC2C3CC=C4C[C@@H](O)CC[C@]4(C)C3CC[C@@]21C. The average Bonchev–Trinajstić information content (AvgIpc) is 3.20. The first-order chi connectivity index (χ1) is 16.3. The first kappa shape index (κ1) is 24.4. The molecule has 1 aromatic rings. The monoisotopic (exact) mass is 466 g/mol. The Balaban J connectivity index is 1.18. The molecule has 0 aliphatic heterocycles. The third-order valence-corrected chi connectivity index (χ3v) is 11.0. The highest BCUT2D eigenvalue weighted by molar-refractivity contribution is 5.27. The summed E-state index contributed by atoms with van der Waals surface area (Å²) in [5.74, 6) is 5.06. The van der Waals surface area contributed by atoms with Crippen molar-refractivity contribution in [3.05, 3.63) is 41.5 Å². The lowest BCUT2D eigenvalue weighted by atomic mass is 9.47. The summed E-state index contributed by atoms with van der Waals surface area (Å²) in [4.78, 5) is 0. The van der Waals surface area contributed by atoms with Crippen LogP contribution < -0.4 is 4.74 Å². The van der Waals surface area contributed by atoms with E-state index < -0.39 is 0 Å². The predicted octanol–water partition coefficient (Wildman–Crippen LogP) is 6.91. The van der Waals surface area contributed by atoms with Gasteiger partial charge in [-0.15, -0.1) is 0 Å². The number of fused-ring (bicyclic) bond motifs is 5. The minimum atomic E-state index is -0.106. The van der Waals surface area contributed by atoms with Gasteiger partial charge in [-0.3, -0.25) is 0 Å². The van der Waals surface area contributed by atoms with E-state index in [1.165, 1.54) is 44.9 Å². The second-order valence-electron chi connectivity index (χ2n) is 12.7. The fourth-order valence-corrected chi connectivity index (χ4v) is 9.10. The molecule has 0 amide bonds. The van der Waals surface area contributed by atoms with Crippen molar-refractivity contribution < 1.29 is 14.9 Å². The van der Waals surface area contributed by atoms with Gasteiger partial charge in [-0.25, -0.2) is 0 Å². The van der Waals surface area contributed by atoms with Gasteiger partial charge >= 0.3 is 0 Å². The summed E-state index contributed by atoms with van der Waals surface area (Å²) in [6.07, 6.45) is 14.8. The fourth-order valence-electron chi connectivity index (χ4n) is 9.10. The highest BCUT2D eigenvalue weighted by atomic mass is 16.5. The van der Waals surface area contributed by atoms with Crippen molar-refractivity contribution in [1.82, 2.24) is 0 Å². The zero-order valence-corrected chi connectivity index (χ0v) is 21.6. The Morgan fingerprint density at radius 3 is 2.59 bits per heavy atom. The van der Waals surface area contributed by atoms with Crippen LogP contribution in [-0.4, -0.2) is 22.9 Å². The van der Waals surface area contributed by atoms with Crippen molar-refractivity contribution in [3.8, 4) is 5.75 Å². The molecule has 5 rings (SSSR count). The zero-order chi connectivity index (χ0) is 23.9. The number of hydrogen-bond donors (Lipinski definition) is 2. The Bertz CT molecular complexity index is 875. The van der Waals surface area contributed by atoms with Crippen LogP contribution in [0.4, 0.5) is 0 Å². The van der Waals surface area contributed by atoms with Gasteiger partial charge in [0.25, 0.3) is 0 Å². The van der Waals surface area contributed by atoms with Crippen molar-refractivity contribution in [3.63, 3.8) is 0 Å². The van der Waals surface area contributed by atoms with E-state index >= 15 is 0 Å². The summed E-state index contributed by atoms with van der Waals surface area (Å²) < 4.78 is 5.98. The summed E-state index contributed by atoms with van der Waals surface area (Å²) in [7, 11) is 0. The van der Waals surface area contributed by atoms with Crippen molar-refractivity contribution in [2.75, 3.05) is 6.61 Å². The predicted molar refractivity (Wildman–Crippen MR) is 137 cm³/mol. The molecule has 0 aromatic heterocycles. The third-order valence-electron chi connectivity index (χ3n) is 11.0. The maximum atomic E-state index is 10.3. The average molecular weight is 467 g/mol. The zero-order valence-electron chi connectivity index (χ0n) is 21.6. The molecule has 0 heterocycles. The number of aliphatic hydroxyl groups excluding tert-OH is 2. The molecular formula is C31H46O3. The smallest absolute Gasteiger partial charge is 0.119 e. The van der Waals surface area contributed by atoms with E-state index in [1.807, 2.05) is 24.3 Å². The first-order valence-corrected chi connectivity index (χ1v) is 14.1. The van der Waals surface area contributed by atoms with Gasteiger partial charge in [0.15, 0.2) is 0 Å². The minimum absolute atomic E-state index is 0.0837. The van der Waals surface area contributed by atoms with E-state index in [0.29, 0.717) is 10.8 Å². The van der Waals surface area contributed by atoms with Gasteiger partial charge in [0.1, 0.15) is 5.75 Å². The standard InChI is InChI=1S/C31H46O3/c1-21(5-4-18-34-25-9-6-22(20-32)7-10-25)27-12-13-28-26-11-8-23-19-24(33)14-16-30(23,2)29(26)15-17-31(27,28)3/h6-10,21,24,26-29,32-33H,4-5,11-20H2,1-3H3/t21-,24+,26?,27-,28?,29?,30+,31-/m1/s1. The van der Waals surface area contributed by atoms with Crippen LogP contribution in [0.5, 0.6) is 5.75 Å². The number of allylic oxidation sites excluding steroid dienone is 1. The molecule has 3 fully saturated rings. The number of benzene rings is 1. The van der Waals surface area contributed by atoms with Gasteiger partial charge in [-0.1, -0.05) is 44.6 Å². The molecular weight excluding hydrogens is 420 g/mol. The molecule has 8 atom stereocenters. The van der Waals surface area contributed by atoms with Crippen LogP contribution in [-0.2, 0) is 6.61 Å². The van der Waals surface area contributed by atoms with Gasteiger partial charge in [-0.05, 0) is 122 Å². The third kappa shape index (κ3) is 4.26.